The third-order valence-corrected chi connectivity index (χ3v) is 4.75. The first-order valence-electron chi connectivity index (χ1n) is 7.40. The van der Waals surface area contributed by atoms with Gasteiger partial charge in [-0.05, 0) is 30.7 Å². The zero-order valence-corrected chi connectivity index (χ0v) is 14.1. The normalized spacial score (nSPS) is 11.4. The van der Waals surface area contributed by atoms with Crippen LogP contribution >= 0.6 is 0 Å². The fraction of sp³-hybridized carbons (Fsp3) is 0.353. The van der Waals surface area contributed by atoms with E-state index in [-0.39, 0.29) is 18.1 Å². The third-order valence-electron chi connectivity index (χ3n) is 3.54. The smallest absolute Gasteiger partial charge is 0.309 e. The van der Waals surface area contributed by atoms with Crippen LogP contribution in [0.4, 0.5) is 0 Å². The Balaban J connectivity index is 2.09. The number of rotatable bonds is 7. The predicted molar refractivity (Wildman–Crippen MR) is 89.0 cm³/mol. The Hall–Kier alpha value is -2.08. The average Bonchev–Trinajstić information content (AvgIpc) is 2.54. The van der Waals surface area contributed by atoms with Gasteiger partial charge in [0, 0.05) is 11.8 Å². The van der Waals surface area contributed by atoms with Gasteiger partial charge in [-0.1, -0.05) is 36.4 Å². The van der Waals surface area contributed by atoms with Crippen molar-refractivity contribution in [1.82, 2.24) is 0 Å². The van der Waals surface area contributed by atoms with Crippen molar-refractivity contribution < 1.29 is 22.1 Å². The summed E-state index contributed by atoms with van der Waals surface area (Å²) in [5.74, 6) is -0.101. The molecule has 0 bridgehead atoms. The molecule has 0 N–H and O–H groups in total. The molecule has 0 aliphatic carbocycles. The van der Waals surface area contributed by atoms with E-state index in [4.69, 9.17) is 4.18 Å². The summed E-state index contributed by atoms with van der Waals surface area (Å²) in [6, 6.07) is 11.3. The van der Waals surface area contributed by atoms with Crippen LogP contribution in [0.15, 0.2) is 36.4 Å². The molecule has 0 amide bonds. The van der Waals surface area contributed by atoms with E-state index < -0.39 is 10.1 Å². The van der Waals surface area contributed by atoms with Gasteiger partial charge in [0.2, 0.25) is 0 Å². The highest BCUT2D eigenvalue weighted by molar-refractivity contribution is 7.87. The highest BCUT2D eigenvalue weighted by Crippen LogP contribution is 2.30. The number of carbonyl (C=O) groups excluding carboxylic acids is 1. The van der Waals surface area contributed by atoms with E-state index in [1.165, 1.54) is 7.11 Å². The van der Waals surface area contributed by atoms with Crippen molar-refractivity contribution in [3.8, 4) is 5.75 Å². The molecule has 0 aromatic heterocycles. The number of esters is 1. The van der Waals surface area contributed by atoms with Crippen LogP contribution in [-0.4, -0.2) is 27.2 Å². The molecule has 0 aliphatic rings. The number of hydrogen-bond donors (Lipinski definition) is 0. The van der Waals surface area contributed by atoms with Gasteiger partial charge >= 0.3 is 16.1 Å². The van der Waals surface area contributed by atoms with Crippen LogP contribution in [0, 0.1) is 6.92 Å². The fourth-order valence-electron chi connectivity index (χ4n) is 2.28. The topological polar surface area (TPSA) is 69.7 Å². The summed E-state index contributed by atoms with van der Waals surface area (Å²) >= 11 is 0. The minimum Gasteiger partial charge on any atom is -0.469 e. The number of fused-ring (bicyclic) bond motifs is 1. The van der Waals surface area contributed by atoms with Crippen molar-refractivity contribution in [1.29, 1.82) is 0 Å². The van der Waals surface area contributed by atoms with Gasteiger partial charge in [-0.2, -0.15) is 8.42 Å². The average molecular weight is 336 g/mol. The van der Waals surface area contributed by atoms with Gasteiger partial charge in [-0.3, -0.25) is 4.79 Å². The molecule has 0 fully saturated rings. The fourth-order valence-corrected chi connectivity index (χ4v) is 3.40. The van der Waals surface area contributed by atoms with Crippen LogP contribution in [0.2, 0.25) is 0 Å². The molecule has 0 saturated heterocycles. The maximum absolute atomic E-state index is 12.2. The molecule has 124 valence electrons. The second-order valence-electron chi connectivity index (χ2n) is 5.31. The molecule has 2 aromatic rings. The second kappa shape index (κ2) is 7.46. The van der Waals surface area contributed by atoms with E-state index in [0.29, 0.717) is 18.6 Å². The third kappa shape index (κ3) is 4.69. The van der Waals surface area contributed by atoms with E-state index in [1.807, 2.05) is 43.3 Å². The van der Waals surface area contributed by atoms with Crippen LogP contribution in [-0.2, 0) is 19.6 Å². The summed E-state index contributed by atoms with van der Waals surface area (Å²) in [5, 5.41) is 1.69. The number of ether oxygens (including phenoxy) is 1. The maximum Gasteiger partial charge on any atom is 0.309 e. The Kier molecular flexibility index (Phi) is 5.60. The maximum atomic E-state index is 12.2. The molecule has 0 atom stereocenters. The number of hydrogen-bond acceptors (Lipinski definition) is 5. The van der Waals surface area contributed by atoms with Gasteiger partial charge in [0.25, 0.3) is 0 Å². The number of unbranched alkanes of at least 4 members (excludes halogenated alkanes) is 1. The zero-order valence-electron chi connectivity index (χ0n) is 13.2. The number of benzene rings is 2. The van der Waals surface area contributed by atoms with E-state index in [2.05, 4.69) is 4.74 Å². The molecular formula is C17H20O5S. The molecular weight excluding hydrogens is 316 g/mol. The zero-order chi connectivity index (χ0) is 16.9. The van der Waals surface area contributed by atoms with E-state index in [0.717, 1.165) is 16.3 Å². The van der Waals surface area contributed by atoms with Gasteiger partial charge in [-0.25, -0.2) is 0 Å². The van der Waals surface area contributed by atoms with E-state index in [9.17, 15) is 13.2 Å². The number of methoxy groups -OCH3 is 1. The molecule has 0 heterocycles. The lowest BCUT2D eigenvalue weighted by Gasteiger charge is -2.12. The SMILES string of the molecule is COC(=O)CCCCS(=O)(=O)Oc1c(C)ccc2ccccc12. The Morgan fingerprint density at radius 2 is 1.83 bits per heavy atom. The van der Waals surface area contributed by atoms with Crippen molar-refractivity contribution >= 4 is 26.9 Å². The summed E-state index contributed by atoms with van der Waals surface area (Å²) in [7, 11) is -2.39. The highest BCUT2D eigenvalue weighted by atomic mass is 32.2. The van der Waals surface area contributed by atoms with E-state index >= 15 is 0 Å². The minimum absolute atomic E-state index is 0.132. The molecule has 6 heteroatoms. The van der Waals surface area contributed by atoms with E-state index in [1.54, 1.807) is 0 Å². The first kappa shape index (κ1) is 17.3. The van der Waals surface area contributed by atoms with Gasteiger partial charge in [0.15, 0.2) is 5.75 Å². The molecule has 0 unspecified atom stereocenters. The summed E-state index contributed by atoms with van der Waals surface area (Å²) in [4.78, 5) is 11.0. The van der Waals surface area contributed by atoms with Gasteiger partial charge < -0.3 is 8.92 Å². The molecule has 0 radical (unpaired) electrons. The van der Waals surface area contributed by atoms with Crippen molar-refractivity contribution in [2.24, 2.45) is 0 Å². The largest absolute Gasteiger partial charge is 0.469 e. The van der Waals surface area contributed by atoms with Gasteiger partial charge in [-0.15, -0.1) is 0 Å². The summed E-state index contributed by atoms with van der Waals surface area (Å²) in [5.41, 5.74) is 0.766. The first-order chi connectivity index (χ1) is 10.9. The lowest BCUT2D eigenvalue weighted by molar-refractivity contribution is -0.140. The van der Waals surface area contributed by atoms with Crippen LogP contribution in [0.5, 0.6) is 5.75 Å². The first-order valence-corrected chi connectivity index (χ1v) is 8.98. The van der Waals surface area contributed by atoms with Crippen LogP contribution < -0.4 is 4.18 Å². The molecule has 0 aliphatic heterocycles. The molecule has 2 rings (SSSR count). The lowest BCUT2D eigenvalue weighted by atomic mass is 10.1. The van der Waals surface area contributed by atoms with Crippen molar-refractivity contribution in [3.05, 3.63) is 42.0 Å². The van der Waals surface area contributed by atoms with Crippen molar-refractivity contribution in [2.75, 3.05) is 12.9 Å². The second-order valence-corrected chi connectivity index (χ2v) is 7.00. The summed E-state index contributed by atoms with van der Waals surface area (Å²) in [6.07, 6.45) is 1.00. The molecule has 0 saturated carbocycles. The number of aryl methyl sites for hydroxylation is 1. The van der Waals surface area contributed by atoms with Crippen LogP contribution in [0.3, 0.4) is 0 Å². The highest BCUT2D eigenvalue weighted by Gasteiger charge is 2.16. The molecule has 0 spiro atoms. The minimum atomic E-state index is -3.71. The molecule has 2 aromatic carbocycles. The lowest BCUT2D eigenvalue weighted by Crippen LogP contribution is -2.15. The van der Waals surface area contributed by atoms with Crippen molar-refractivity contribution in [3.63, 3.8) is 0 Å². The Bertz CT molecular complexity index is 796. The Labute approximate surface area is 136 Å². The van der Waals surface area contributed by atoms with Gasteiger partial charge in [0.1, 0.15) is 0 Å². The van der Waals surface area contributed by atoms with Gasteiger partial charge in [0.05, 0.1) is 12.9 Å². The van der Waals surface area contributed by atoms with Crippen molar-refractivity contribution in [2.45, 2.75) is 26.2 Å². The van der Waals surface area contributed by atoms with Crippen LogP contribution in [0.25, 0.3) is 10.8 Å². The Morgan fingerprint density at radius 1 is 1.09 bits per heavy atom. The standard InChI is InChI=1S/C17H20O5S/c1-13-10-11-14-7-3-4-8-15(14)17(13)22-23(19,20)12-6-5-9-16(18)21-2/h3-4,7-8,10-11H,5-6,9,12H2,1-2H3. The summed E-state index contributed by atoms with van der Waals surface area (Å²) < 4.78 is 34.2. The molecule has 23 heavy (non-hydrogen) atoms. The monoisotopic (exact) mass is 336 g/mol. The predicted octanol–water partition coefficient (Wildman–Crippen LogP) is 3.20. The number of carbonyl (C=O) groups is 1. The molecule has 5 nitrogen and oxygen atoms in total. The summed E-state index contributed by atoms with van der Waals surface area (Å²) in [6.45, 7) is 1.81. The Morgan fingerprint density at radius 3 is 2.57 bits per heavy atom. The van der Waals surface area contributed by atoms with Crippen LogP contribution in [0.1, 0.15) is 24.8 Å². The quantitative estimate of drug-likeness (QED) is 0.441.